The van der Waals surface area contributed by atoms with Crippen molar-refractivity contribution in [2.75, 3.05) is 0 Å². The van der Waals surface area contributed by atoms with Gasteiger partial charge in [-0.15, -0.1) is 0 Å². The molecule has 0 bridgehead atoms. The van der Waals surface area contributed by atoms with Crippen LogP contribution in [0.25, 0.3) is 0 Å². The van der Waals surface area contributed by atoms with E-state index < -0.39 is 12.1 Å². The lowest BCUT2D eigenvalue weighted by Crippen LogP contribution is -2.23. The summed E-state index contributed by atoms with van der Waals surface area (Å²) in [7, 11) is 1.86. The van der Waals surface area contributed by atoms with Gasteiger partial charge in [-0.05, 0) is 32.9 Å². The maximum Gasteiger partial charge on any atom is 0.344 e. The van der Waals surface area contributed by atoms with E-state index in [1.165, 1.54) is 18.7 Å². The van der Waals surface area contributed by atoms with Crippen molar-refractivity contribution in [3.63, 3.8) is 0 Å². The van der Waals surface area contributed by atoms with Crippen LogP contribution in [-0.4, -0.2) is 27.0 Å². The molecule has 0 radical (unpaired) electrons. The molecular formula is C15H16Cl2N2O3S. The highest BCUT2D eigenvalue weighted by Crippen LogP contribution is 2.41. The van der Waals surface area contributed by atoms with Crippen molar-refractivity contribution in [2.24, 2.45) is 7.05 Å². The smallest absolute Gasteiger partial charge is 0.344 e. The molecule has 2 aromatic rings. The summed E-state index contributed by atoms with van der Waals surface area (Å²) in [5.74, 6) is -0.784. The summed E-state index contributed by atoms with van der Waals surface area (Å²) in [4.78, 5) is 11.7. The first-order chi connectivity index (χ1) is 10.7. The van der Waals surface area contributed by atoms with Gasteiger partial charge in [0, 0.05) is 17.5 Å². The van der Waals surface area contributed by atoms with E-state index in [-0.39, 0.29) is 10.8 Å². The fraction of sp³-hybridized carbons (Fsp3) is 0.333. The number of aryl methyl sites for hydroxylation is 2. The van der Waals surface area contributed by atoms with Crippen LogP contribution in [0.5, 0.6) is 5.75 Å². The first-order valence-electron chi connectivity index (χ1n) is 6.77. The molecule has 0 aliphatic heterocycles. The van der Waals surface area contributed by atoms with E-state index in [0.717, 1.165) is 21.2 Å². The van der Waals surface area contributed by atoms with Crippen LogP contribution in [0.4, 0.5) is 0 Å². The van der Waals surface area contributed by atoms with Crippen molar-refractivity contribution in [3.05, 3.63) is 33.4 Å². The molecule has 124 valence electrons. The number of rotatable bonds is 5. The van der Waals surface area contributed by atoms with Crippen molar-refractivity contribution >= 4 is 40.9 Å². The number of hydrogen-bond acceptors (Lipinski definition) is 4. The third kappa shape index (κ3) is 3.94. The number of halogens is 2. The van der Waals surface area contributed by atoms with Gasteiger partial charge in [0.2, 0.25) is 0 Å². The predicted molar refractivity (Wildman–Crippen MR) is 91.0 cm³/mol. The number of aliphatic carboxylic acids is 1. The zero-order valence-corrected chi connectivity index (χ0v) is 15.4. The van der Waals surface area contributed by atoms with Gasteiger partial charge in [-0.25, -0.2) is 4.79 Å². The summed E-state index contributed by atoms with van der Waals surface area (Å²) >= 11 is 13.8. The normalized spacial score (nSPS) is 12.3. The molecule has 1 heterocycles. The molecule has 23 heavy (non-hydrogen) atoms. The number of aromatic nitrogens is 2. The molecule has 0 aliphatic carbocycles. The Morgan fingerprint density at radius 1 is 1.35 bits per heavy atom. The highest BCUT2D eigenvalue weighted by atomic mass is 35.5. The second-order valence-electron chi connectivity index (χ2n) is 5.05. The van der Waals surface area contributed by atoms with Crippen LogP contribution in [0.3, 0.4) is 0 Å². The molecule has 2 rings (SSSR count). The zero-order valence-electron chi connectivity index (χ0n) is 13.1. The van der Waals surface area contributed by atoms with Gasteiger partial charge in [-0.2, -0.15) is 5.10 Å². The Balaban J connectivity index is 2.37. The van der Waals surface area contributed by atoms with Gasteiger partial charge in [-0.3, -0.25) is 4.68 Å². The molecule has 0 saturated heterocycles. The SMILES string of the molecule is Cc1nn(C)c(Sc2cc(O[C@@H](C)C(=O)O)c(Cl)cc2Cl)c1C. The molecule has 0 spiro atoms. The largest absolute Gasteiger partial charge is 0.479 e. The Bertz CT molecular complexity index is 762. The molecule has 8 heteroatoms. The average molecular weight is 375 g/mol. The number of ether oxygens (including phenoxy) is 1. The van der Waals surface area contributed by atoms with Crippen LogP contribution >= 0.6 is 35.0 Å². The van der Waals surface area contributed by atoms with E-state index >= 15 is 0 Å². The van der Waals surface area contributed by atoms with Crippen LogP contribution in [0.1, 0.15) is 18.2 Å². The summed E-state index contributed by atoms with van der Waals surface area (Å²) in [5, 5.41) is 15.0. The topological polar surface area (TPSA) is 64.4 Å². The van der Waals surface area contributed by atoms with Gasteiger partial charge in [0.15, 0.2) is 6.10 Å². The quantitative estimate of drug-likeness (QED) is 0.842. The van der Waals surface area contributed by atoms with Crippen LogP contribution in [0.2, 0.25) is 10.0 Å². The highest BCUT2D eigenvalue weighted by Gasteiger charge is 2.18. The number of carboxylic acid groups (broad SMARTS) is 1. The fourth-order valence-electron chi connectivity index (χ4n) is 1.91. The molecule has 0 unspecified atom stereocenters. The number of hydrogen-bond donors (Lipinski definition) is 1. The van der Waals surface area contributed by atoms with Crippen LogP contribution in [-0.2, 0) is 11.8 Å². The molecule has 1 aromatic heterocycles. The van der Waals surface area contributed by atoms with E-state index in [1.54, 1.807) is 16.8 Å². The van der Waals surface area contributed by atoms with Crippen molar-refractivity contribution < 1.29 is 14.6 Å². The van der Waals surface area contributed by atoms with Gasteiger partial charge >= 0.3 is 5.97 Å². The molecule has 0 aliphatic rings. The molecule has 5 nitrogen and oxygen atoms in total. The second kappa shape index (κ2) is 7.03. The van der Waals surface area contributed by atoms with Crippen molar-refractivity contribution in [2.45, 2.75) is 36.8 Å². The van der Waals surface area contributed by atoms with Gasteiger partial charge in [0.25, 0.3) is 0 Å². The lowest BCUT2D eigenvalue weighted by molar-refractivity contribution is -0.144. The standard InChI is InChI=1S/C15H16Cl2N2O3S/c1-7-8(2)18-19(4)14(7)23-13-6-12(10(16)5-11(13)17)22-9(3)15(20)21/h5-6,9H,1-4H3,(H,20,21)/t9-/m0/s1. The Morgan fingerprint density at radius 3 is 2.52 bits per heavy atom. The van der Waals surface area contributed by atoms with Gasteiger partial charge in [-0.1, -0.05) is 35.0 Å². The Labute approximate surface area is 148 Å². The van der Waals surface area contributed by atoms with Crippen molar-refractivity contribution in [3.8, 4) is 5.75 Å². The third-order valence-electron chi connectivity index (χ3n) is 3.30. The lowest BCUT2D eigenvalue weighted by atomic mass is 10.3. The summed E-state index contributed by atoms with van der Waals surface area (Å²) in [6, 6.07) is 3.20. The lowest BCUT2D eigenvalue weighted by Gasteiger charge is -2.14. The van der Waals surface area contributed by atoms with Gasteiger partial charge < -0.3 is 9.84 Å². The summed E-state index contributed by atoms with van der Waals surface area (Å²) in [6.07, 6.45) is -1.01. The van der Waals surface area contributed by atoms with Crippen LogP contribution in [0, 0.1) is 13.8 Å². The number of benzene rings is 1. The van der Waals surface area contributed by atoms with E-state index in [1.807, 2.05) is 20.9 Å². The van der Waals surface area contributed by atoms with E-state index in [4.69, 9.17) is 33.0 Å². The molecule has 1 atom stereocenters. The average Bonchev–Trinajstić information content (AvgIpc) is 2.69. The third-order valence-corrected chi connectivity index (χ3v) is 5.34. The molecule has 0 fully saturated rings. The first kappa shape index (κ1) is 18.0. The minimum atomic E-state index is -1.07. The van der Waals surface area contributed by atoms with Gasteiger partial charge in [0.1, 0.15) is 10.8 Å². The number of carbonyl (C=O) groups is 1. The molecule has 1 N–H and O–H groups in total. The number of nitrogens with zero attached hydrogens (tertiary/aromatic N) is 2. The van der Waals surface area contributed by atoms with E-state index in [9.17, 15) is 4.79 Å². The monoisotopic (exact) mass is 374 g/mol. The van der Waals surface area contributed by atoms with E-state index in [2.05, 4.69) is 5.10 Å². The Kier molecular flexibility index (Phi) is 5.49. The zero-order chi connectivity index (χ0) is 17.3. The summed E-state index contributed by atoms with van der Waals surface area (Å²) < 4.78 is 7.16. The Morgan fingerprint density at radius 2 is 2.00 bits per heavy atom. The summed E-state index contributed by atoms with van der Waals surface area (Å²) in [5.41, 5.74) is 2.00. The predicted octanol–water partition coefficient (Wildman–Crippen LogP) is 4.35. The van der Waals surface area contributed by atoms with Crippen molar-refractivity contribution in [1.82, 2.24) is 9.78 Å². The van der Waals surface area contributed by atoms with Crippen molar-refractivity contribution in [1.29, 1.82) is 0 Å². The molecule has 1 aromatic carbocycles. The fourth-order valence-corrected chi connectivity index (χ4v) is 3.46. The highest BCUT2D eigenvalue weighted by molar-refractivity contribution is 7.99. The van der Waals surface area contributed by atoms with Crippen LogP contribution < -0.4 is 4.74 Å². The minimum absolute atomic E-state index is 0.269. The second-order valence-corrected chi connectivity index (χ2v) is 6.90. The summed E-state index contributed by atoms with van der Waals surface area (Å²) in [6.45, 7) is 5.36. The molecular weight excluding hydrogens is 359 g/mol. The van der Waals surface area contributed by atoms with Crippen LogP contribution in [0.15, 0.2) is 22.1 Å². The van der Waals surface area contributed by atoms with E-state index in [0.29, 0.717) is 5.02 Å². The number of carboxylic acids is 1. The van der Waals surface area contributed by atoms with Gasteiger partial charge in [0.05, 0.1) is 15.7 Å². The minimum Gasteiger partial charge on any atom is -0.479 e. The molecule has 0 saturated carbocycles. The maximum absolute atomic E-state index is 10.9. The first-order valence-corrected chi connectivity index (χ1v) is 8.34. The Hall–Kier alpha value is -1.37. The molecule has 0 amide bonds. The maximum atomic E-state index is 10.9.